The number of nitrogens with one attached hydrogen (secondary N) is 4. The first-order valence-corrected chi connectivity index (χ1v) is 21.4. The summed E-state index contributed by atoms with van der Waals surface area (Å²) < 4.78 is 21.5. The van der Waals surface area contributed by atoms with Crippen LogP contribution in [0.1, 0.15) is 155 Å². The van der Waals surface area contributed by atoms with E-state index < -0.39 is 17.9 Å². The van der Waals surface area contributed by atoms with Gasteiger partial charge in [0.05, 0.1) is 52.9 Å². The van der Waals surface area contributed by atoms with Crippen LogP contribution in [0.5, 0.6) is 0 Å². The maximum Gasteiger partial charge on any atom is 0.326 e. The molecule has 0 aromatic carbocycles. The summed E-state index contributed by atoms with van der Waals surface area (Å²) in [4.78, 5) is 59.0. The lowest BCUT2D eigenvalue weighted by atomic mass is 10.0. The number of amides is 4. The molecule has 5 N–H and O–H groups in total. The minimum Gasteiger partial charge on any atom is -0.480 e. The summed E-state index contributed by atoms with van der Waals surface area (Å²) in [7, 11) is 0. The molecule has 1 atom stereocenters. The van der Waals surface area contributed by atoms with Crippen molar-refractivity contribution in [2.75, 3.05) is 72.5 Å². The highest BCUT2D eigenvalue weighted by atomic mass is 16.5. The summed E-state index contributed by atoms with van der Waals surface area (Å²) in [6, 6.07) is -0.987. The second-order valence-electron chi connectivity index (χ2n) is 14.0. The lowest BCUT2D eigenvalue weighted by Gasteiger charge is -2.15. The minimum atomic E-state index is -1.09. The molecule has 0 aliphatic heterocycles. The molecule has 1 unspecified atom stereocenters. The van der Waals surface area contributed by atoms with Gasteiger partial charge in [0.2, 0.25) is 23.6 Å². The maximum atomic E-state index is 12.2. The van der Waals surface area contributed by atoms with Crippen molar-refractivity contribution < 1.29 is 48.0 Å². The van der Waals surface area contributed by atoms with Gasteiger partial charge >= 0.3 is 5.97 Å². The van der Waals surface area contributed by atoms with Crippen LogP contribution < -0.4 is 21.3 Å². The number of carbonyl (C=O) groups is 5. The van der Waals surface area contributed by atoms with Crippen molar-refractivity contribution in [2.24, 2.45) is 0 Å². The molecule has 14 heteroatoms. The van der Waals surface area contributed by atoms with Gasteiger partial charge in [-0.2, -0.15) is 0 Å². The minimum absolute atomic E-state index is 0.0161. The molecule has 0 fully saturated rings. The fourth-order valence-electron chi connectivity index (χ4n) is 5.68. The van der Waals surface area contributed by atoms with Crippen LogP contribution in [0.25, 0.3) is 0 Å². The Morgan fingerprint density at radius 2 is 0.855 bits per heavy atom. The molecule has 0 radical (unpaired) electrons. The number of carboxylic acids is 1. The quantitative estimate of drug-likeness (QED) is 0.0488. The van der Waals surface area contributed by atoms with Crippen molar-refractivity contribution in [3.8, 4) is 0 Å². The zero-order valence-corrected chi connectivity index (χ0v) is 34.5. The summed E-state index contributed by atoms with van der Waals surface area (Å²) in [5, 5.41) is 20.4. The molecule has 0 bridgehead atoms. The second-order valence-corrected chi connectivity index (χ2v) is 14.0. The van der Waals surface area contributed by atoms with Crippen LogP contribution in [0.3, 0.4) is 0 Å². The van der Waals surface area contributed by atoms with Gasteiger partial charge in [-0.3, -0.25) is 19.2 Å². The van der Waals surface area contributed by atoms with Crippen LogP contribution in [0.4, 0.5) is 0 Å². The van der Waals surface area contributed by atoms with Gasteiger partial charge in [0.25, 0.3) is 0 Å². The highest BCUT2D eigenvalue weighted by Gasteiger charge is 2.19. The molecule has 14 nitrogen and oxygen atoms in total. The Labute approximate surface area is 332 Å². The van der Waals surface area contributed by atoms with Crippen molar-refractivity contribution in [1.82, 2.24) is 21.3 Å². The van der Waals surface area contributed by atoms with Gasteiger partial charge in [0.1, 0.15) is 6.04 Å². The van der Waals surface area contributed by atoms with E-state index in [1.54, 1.807) is 6.92 Å². The normalized spacial score (nSPS) is 11.6. The van der Waals surface area contributed by atoms with Gasteiger partial charge in [-0.1, -0.05) is 104 Å². The molecule has 0 saturated carbocycles. The molecule has 0 aromatic heterocycles. The van der Waals surface area contributed by atoms with Crippen molar-refractivity contribution in [2.45, 2.75) is 161 Å². The van der Waals surface area contributed by atoms with Crippen molar-refractivity contribution in [1.29, 1.82) is 0 Å². The topological polar surface area (TPSA) is 191 Å². The van der Waals surface area contributed by atoms with E-state index in [4.69, 9.17) is 18.9 Å². The number of unbranched alkanes of at least 4 members (excludes halogenated alkanes) is 15. The smallest absolute Gasteiger partial charge is 0.326 e. The van der Waals surface area contributed by atoms with E-state index in [2.05, 4.69) is 28.2 Å². The van der Waals surface area contributed by atoms with Crippen LogP contribution in [0.15, 0.2) is 0 Å². The molecular weight excluding hydrogens is 708 g/mol. The average molecular weight is 787 g/mol. The van der Waals surface area contributed by atoms with Gasteiger partial charge in [0, 0.05) is 45.3 Å². The van der Waals surface area contributed by atoms with Crippen LogP contribution in [0.2, 0.25) is 0 Å². The number of carboxylic acid groups (broad SMARTS) is 1. The zero-order valence-electron chi connectivity index (χ0n) is 34.5. The van der Waals surface area contributed by atoms with E-state index in [-0.39, 0.29) is 63.4 Å². The SMILES string of the molecule is CCCCCCCCCCCCCCCCCC(=O)NCCCCC(NC(=O)CCOCCOCCNC(=O)CCOCCOCCNC(=O)CC)C(=O)O. The van der Waals surface area contributed by atoms with Crippen LogP contribution in [0, 0.1) is 0 Å². The van der Waals surface area contributed by atoms with Gasteiger partial charge in [-0.15, -0.1) is 0 Å². The maximum absolute atomic E-state index is 12.2. The molecule has 322 valence electrons. The van der Waals surface area contributed by atoms with E-state index in [0.29, 0.717) is 71.7 Å². The Kier molecular flexibility index (Phi) is 38.8. The third-order valence-corrected chi connectivity index (χ3v) is 9.03. The highest BCUT2D eigenvalue weighted by molar-refractivity contribution is 5.83. The van der Waals surface area contributed by atoms with Gasteiger partial charge in [-0.05, 0) is 25.7 Å². The number of hydrogen-bond donors (Lipinski definition) is 5. The van der Waals surface area contributed by atoms with E-state index >= 15 is 0 Å². The third kappa shape index (κ3) is 39.2. The number of carbonyl (C=O) groups excluding carboxylic acids is 4. The third-order valence-electron chi connectivity index (χ3n) is 9.03. The van der Waals surface area contributed by atoms with E-state index in [9.17, 15) is 29.1 Å². The summed E-state index contributed by atoms with van der Waals surface area (Å²) in [5.41, 5.74) is 0. The van der Waals surface area contributed by atoms with Crippen molar-refractivity contribution in [3.05, 3.63) is 0 Å². The fraction of sp³-hybridized carbons (Fsp3) is 0.878. The standard InChI is InChI=1S/C41H78N4O10/c1-3-5-6-7-8-9-10-11-12-13-14-15-16-17-18-22-38(47)42-25-20-19-21-36(41(50)51)45-40(49)24-29-53-33-35-55-31-27-44-39(48)23-28-52-32-34-54-30-26-43-37(46)4-2/h36H,3-35H2,1-2H3,(H,42,47)(H,43,46)(H,44,48)(H,45,49)(H,50,51). The first kappa shape index (κ1) is 52.2. The largest absolute Gasteiger partial charge is 0.480 e. The predicted molar refractivity (Wildman–Crippen MR) is 215 cm³/mol. The van der Waals surface area contributed by atoms with Gasteiger partial charge < -0.3 is 45.3 Å². The first-order chi connectivity index (χ1) is 26.8. The molecule has 0 spiro atoms. The number of ether oxygens (including phenoxy) is 4. The van der Waals surface area contributed by atoms with E-state index in [1.165, 1.54) is 83.5 Å². The monoisotopic (exact) mass is 787 g/mol. The molecule has 0 saturated heterocycles. The Balaban J connectivity index is 3.61. The first-order valence-electron chi connectivity index (χ1n) is 21.4. The molecule has 0 heterocycles. The summed E-state index contributed by atoms with van der Waals surface area (Å²) in [6.07, 6.45) is 22.1. The molecule has 0 aromatic rings. The molecule has 55 heavy (non-hydrogen) atoms. The Morgan fingerprint density at radius 3 is 1.35 bits per heavy atom. The summed E-state index contributed by atoms with van der Waals surface area (Å²) in [6.45, 7) is 7.76. The Morgan fingerprint density at radius 1 is 0.436 bits per heavy atom. The lowest BCUT2D eigenvalue weighted by Crippen LogP contribution is -2.41. The predicted octanol–water partition coefficient (Wildman–Crippen LogP) is 5.59. The van der Waals surface area contributed by atoms with Crippen molar-refractivity contribution in [3.63, 3.8) is 0 Å². The molecule has 0 rings (SSSR count). The second kappa shape index (κ2) is 40.8. The molecule has 0 aliphatic rings. The fourth-order valence-corrected chi connectivity index (χ4v) is 5.68. The zero-order chi connectivity index (χ0) is 40.5. The molecular formula is C41H78N4O10. The number of rotatable bonds is 42. The average Bonchev–Trinajstić information content (AvgIpc) is 3.17. The molecule has 4 amide bonds. The highest BCUT2D eigenvalue weighted by Crippen LogP contribution is 2.14. The van der Waals surface area contributed by atoms with E-state index in [0.717, 1.165) is 12.8 Å². The van der Waals surface area contributed by atoms with Gasteiger partial charge in [-0.25, -0.2) is 4.79 Å². The lowest BCUT2D eigenvalue weighted by molar-refractivity contribution is -0.142. The number of hydrogen-bond acceptors (Lipinski definition) is 9. The van der Waals surface area contributed by atoms with Crippen molar-refractivity contribution >= 4 is 29.6 Å². The molecule has 0 aliphatic carbocycles. The number of aliphatic carboxylic acids is 1. The summed E-state index contributed by atoms with van der Waals surface area (Å²) >= 11 is 0. The van der Waals surface area contributed by atoms with Gasteiger partial charge in [0.15, 0.2) is 0 Å². The van der Waals surface area contributed by atoms with Crippen LogP contribution in [-0.2, 0) is 42.9 Å². The summed E-state index contributed by atoms with van der Waals surface area (Å²) in [5.74, 6) is -1.62. The van der Waals surface area contributed by atoms with Crippen LogP contribution >= 0.6 is 0 Å². The van der Waals surface area contributed by atoms with E-state index in [1.807, 2.05) is 0 Å². The Hall–Kier alpha value is -2.81. The Bertz CT molecular complexity index is 956. The van der Waals surface area contributed by atoms with Crippen LogP contribution in [-0.4, -0.2) is 113 Å².